The molecule has 1 unspecified atom stereocenters. The molecule has 0 radical (unpaired) electrons. The van der Waals surface area contributed by atoms with Gasteiger partial charge in [-0.1, -0.05) is 32.1 Å². The predicted molar refractivity (Wildman–Crippen MR) is 82.2 cm³/mol. The fraction of sp³-hybridized carbons (Fsp3) is 0.750. The van der Waals surface area contributed by atoms with Crippen molar-refractivity contribution in [1.82, 2.24) is 5.43 Å². The fourth-order valence-electron chi connectivity index (χ4n) is 3.71. The molecule has 1 saturated carbocycles. The van der Waals surface area contributed by atoms with Crippen molar-refractivity contribution in [2.24, 2.45) is 11.8 Å². The van der Waals surface area contributed by atoms with Crippen molar-refractivity contribution in [2.75, 3.05) is 0 Å². The molecule has 1 atom stereocenters. The van der Waals surface area contributed by atoms with Crippen LogP contribution >= 0.6 is 11.3 Å². The summed E-state index contributed by atoms with van der Waals surface area (Å²) >= 11 is 2.01. The topological polar surface area (TPSA) is 38.0 Å². The first kappa shape index (κ1) is 13.6. The van der Waals surface area contributed by atoms with Crippen LogP contribution in [-0.4, -0.2) is 0 Å². The summed E-state index contributed by atoms with van der Waals surface area (Å²) in [5, 5.41) is 0. The highest BCUT2D eigenvalue weighted by Crippen LogP contribution is 2.37. The minimum absolute atomic E-state index is 0.388. The van der Waals surface area contributed by atoms with Crippen molar-refractivity contribution < 1.29 is 0 Å². The molecule has 2 aliphatic rings. The number of rotatable bonds is 4. The molecule has 19 heavy (non-hydrogen) atoms. The normalized spacial score (nSPS) is 22.2. The third-order valence-electron chi connectivity index (χ3n) is 4.85. The third kappa shape index (κ3) is 3.21. The summed E-state index contributed by atoms with van der Waals surface area (Å²) in [6.45, 7) is 0. The molecule has 0 aliphatic heterocycles. The van der Waals surface area contributed by atoms with E-state index in [0.717, 1.165) is 5.92 Å². The van der Waals surface area contributed by atoms with Gasteiger partial charge in [-0.2, -0.15) is 0 Å². The van der Waals surface area contributed by atoms with Gasteiger partial charge >= 0.3 is 0 Å². The number of thiophene rings is 1. The monoisotopic (exact) mass is 278 g/mol. The smallest absolute Gasteiger partial charge is 0.0556 e. The number of fused-ring (bicyclic) bond motifs is 1. The van der Waals surface area contributed by atoms with Crippen molar-refractivity contribution in [3.8, 4) is 0 Å². The lowest BCUT2D eigenvalue weighted by Crippen LogP contribution is -2.29. The van der Waals surface area contributed by atoms with Crippen LogP contribution in [0.15, 0.2) is 6.07 Å². The van der Waals surface area contributed by atoms with E-state index >= 15 is 0 Å². The molecule has 0 aromatic carbocycles. The van der Waals surface area contributed by atoms with E-state index in [9.17, 15) is 0 Å². The molecule has 106 valence electrons. The van der Waals surface area contributed by atoms with Crippen molar-refractivity contribution in [3.05, 3.63) is 21.4 Å². The molecule has 3 heteroatoms. The van der Waals surface area contributed by atoms with Gasteiger partial charge in [0.15, 0.2) is 0 Å². The van der Waals surface area contributed by atoms with Crippen molar-refractivity contribution in [3.63, 3.8) is 0 Å². The Morgan fingerprint density at radius 2 is 1.95 bits per heavy atom. The Morgan fingerprint density at radius 1 is 1.16 bits per heavy atom. The van der Waals surface area contributed by atoms with E-state index in [4.69, 9.17) is 5.84 Å². The van der Waals surface area contributed by atoms with Crippen LogP contribution in [0.1, 0.15) is 72.7 Å². The average Bonchev–Trinajstić information content (AvgIpc) is 2.89. The first-order valence-electron chi connectivity index (χ1n) is 7.94. The summed E-state index contributed by atoms with van der Waals surface area (Å²) in [6, 6.07) is 2.82. The number of nitrogens with one attached hydrogen (secondary N) is 1. The molecule has 0 spiro atoms. The van der Waals surface area contributed by atoms with Gasteiger partial charge in [-0.15, -0.1) is 11.3 Å². The van der Waals surface area contributed by atoms with Crippen molar-refractivity contribution in [1.29, 1.82) is 0 Å². The highest BCUT2D eigenvalue weighted by atomic mass is 32.1. The van der Waals surface area contributed by atoms with Crippen LogP contribution in [0, 0.1) is 5.92 Å². The van der Waals surface area contributed by atoms with Crippen LogP contribution in [0.3, 0.4) is 0 Å². The molecular weight excluding hydrogens is 252 g/mol. The second-order valence-electron chi connectivity index (χ2n) is 6.26. The molecule has 1 fully saturated rings. The molecule has 2 aliphatic carbocycles. The lowest BCUT2D eigenvalue weighted by molar-refractivity contribution is 0.302. The third-order valence-corrected chi connectivity index (χ3v) is 6.20. The second-order valence-corrected chi connectivity index (χ2v) is 7.43. The zero-order chi connectivity index (χ0) is 13.1. The van der Waals surface area contributed by atoms with Gasteiger partial charge in [0, 0.05) is 9.75 Å². The van der Waals surface area contributed by atoms with Gasteiger partial charge in [0.25, 0.3) is 0 Å². The zero-order valence-corrected chi connectivity index (χ0v) is 12.6. The maximum absolute atomic E-state index is 5.84. The first-order valence-corrected chi connectivity index (χ1v) is 8.76. The number of hydrogen-bond donors (Lipinski definition) is 2. The summed E-state index contributed by atoms with van der Waals surface area (Å²) in [4.78, 5) is 3.12. The highest BCUT2D eigenvalue weighted by molar-refractivity contribution is 7.12. The van der Waals surface area contributed by atoms with E-state index in [1.165, 1.54) is 69.1 Å². The molecule has 0 bridgehead atoms. The van der Waals surface area contributed by atoms with E-state index in [1.54, 1.807) is 10.4 Å². The van der Waals surface area contributed by atoms with Crippen LogP contribution in [0.4, 0.5) is 0 Å². The van der Waals surface area contributed by atoms with E-state index in [-0.39, 0.29) is 0 Å². The molecule has 3 N–H and O–H groups in total. The highest BCUT2D eigenvalue weighted by Gasteiger charge is 2.22. The van der Waals surface area contributed by atoms with E-state index < -0.39 is 0 Å². The Balaban J connectivity index is 1.68. The van der Waals surface area contributed by atoms with Gasteiger partial charge < -0.3 is 0 Å². The minimum Gasteiger partial charge on any atom is -0.271 e. The second kappa shape index (κ2) is 6.38. The largest absolute Gasteiger partial charge is 0.271 e. The zero-order valence-electron chi connectivity index (χ0n) is 11.8. The summed E-state index contributed by atoms with van der Waals surface area (Å²) < 4.78 is 0. The lowest BCUT2D eigenvalue weighted by atomic mass is 9.84. The minimum atomic E-state index is 0.388. The van der Waals surface area contributed by atoms with Gasteiger partial charge in [0.2, 0.25) is 0 Å². The van der Waals surface area contributed by atoms with Crippen molar-refractivity contribution in [2.45, 2.75) is 70.3 Å². The molecule has 0 amide bonds. The summed E-state index contributed by atoms with van der Waals surface area (Å²) in [7, 11) is 0. The SMILES string of the molecule is NNC(CC1CCCCC1)c1cc2c(s1)CCCC2. The first-order chi connectivity index (χ1) is 9.36. The van der Waals surface area contributed by atoms with Crippen LogP contribution in [0.5, 0.6) is 0 Å². The van der Waals surface area contributed by atoms with E-state index in [0.29, 0.717) is 6.04 Å². The van der Waals surface area contributed by atoms with E-state index in [2.05, 4.69) is 11.5 Å². The van der Waals surface area contributed by atoms with Crippen LogP contribution in [0.25, 0.3) is 0 Å². The fourth-order valence-corrected chi connectivity index (χ4v) is 5.04. The van der Waals surface area contributed by atoms with Gasteiger partial charge in [0.1, 0.15) is 0 Å². The average molecular weight is 278 g/mol. The maximum Gasteiger partial charge on any atom is 0.0556 e. The molecule has 1 heterocycles. The Morgan fingerprint density at radius 3 is 2.68 bits per heavy atom. The number of aryl methyl sites for hydroxylation is 2. The summed E-state index contributed by atoms with van der Waals surface area (Å²) in [5.41, 5.74) is 4.69. The number of nitrogens with two attached hydrogens (primary N) is 1. The van der Waals surface area contributed by atoms with Gasteiger partial charge in [0.05, 0.1) is 6.04 Å². The quantitative estimate of drug-likeness (QED) is 0.643. The standard InChI is InChI=1S/C16H26N2S/c17-18-14(10-12-6-2-1-3-7-12)16-11-13-8-4-5-9-15(13)19-16/h11-12,14,18H,1-10,17H2. The number of hydrogen-bond acceptors (Lipinski definition) is 3. The van der Waals surface area contributed by atoms with Crippen molar-refractivity contribution >= 4 is 11.3 Å². The molecule has 2 nitrogen and oxygen atoms in total. The molecular formula is C16H26N2S. The Hall–Kier alpha value is -0.380. The predicted octanol–water partition coefficient (Wildman–Crippen LogP) is 4.10. The molecule has 1 aromatic heterocycles. The summed E-state index contributed by atoms with van der Waals surface area (Å²) in [6.07, 6.45) is 13.6. The number of hydrazine groups is 1. The molecule has 0 saturated heterocycles. The molecule has 3 rings (SSSR count). The maximum atomic E-state index is 5.84. The van der Waals surface area contributed by atoms with E-state index in [1.807, 2.05) is 11.3 Å². The lowest BCUT2D eigenvalue weighted by Gasteiger charge is -2.25. The van der Waals surface area contributed by atoms with Crippen LogP contribution in [0.2, 0.25) is 0 Å². The Labute approximate surface area is 120 Å². The van der Waals surface area contributed by atoms with Gasteiger partial charge in [-0.3, -0.25) is 11.3 Å². The van der Waals surface area contributed by atoms with Gasteiger partial charge in [-0.25, -0.2) is 0 Å². The molecule has 1 aromatic rings. The van der Waals surface area contributed by atoms with Gasteiger partial charge in [-0.05, 0) is 49.7 Å². The summed E-state index contributed by atoms with van der Waals surface area (Å²) in [5.74, 6) is 6.72. The Kier molecular flexibility index (Phi) is 4.57. The Bertz CT molecular complexity index is 383. The van der Waals surface area contributed by atoms with Crippen LogP contribution < -0.4 is 11.3 Å². The van der Waals surface area contributed by atoms with Crippen LogP contribution in [-0.2, 0) is 12.8 Å².